The van der Waals surface area contributed by atoms with Gasteiger partial charge in [-0.05, 0) is 55.0 Å². The van der Waals surface area contributed by atoms with E-state index in [0.29, 0.717) is 5.56 Å². The maximum Gasteiger partial charge on any atom is 0.271 e. The molecule has 0 fully saturated rings. The minimum Gasteiger partial charge on any atom is -0.361 e. The average molecular weight is 419 g/mol. The van der Waals surface area contributed by atoms with Gasteiger partial charge in [0.25, 0.3) is 5.91 Å². The van der Waals surface area contributed by atoms with Crippen molar-refractivity contribution in [2.45, 2.75) is 6.92 Å². The van der Waals surface area contributed by atoms with E-state index in [1.54, 1.807) is 6.21 Å². The Morgan fingerprint density at radius 2 is 1.66 bits per heavy atom. The van der Waals surface area contributed by atoms with Crippen LogP contribution in [0.5, 0.6) is 0 Å². The lowest BCUT2D eigenvalue weighted by atomic mass is 10.1. The molecule has 0 radical (unpaired) electrons. The minimum atomic E-state index is -0.250. The number of hydrogen-bond acceptors (Lipinski definition) is 2. The topological polar surface area (TPSA) is 62.2 Å². The zero-order valence-electron chi connectivity index (χ0n) is 17.6. The molecule has 2 aromatic heterocycles. The van der Waals surface area contributed by atoms with Crippen LogP contribution in [-0.2, 0) is 0 Å². The van der Waals surface area contributed by atoms with Gasteiger partial charge in [-0.15, -0.1) is 0 Å². The number of aromatic nitrogens is 2. The largest absolute Gasteiger partial charge is 0.361 e. The van der Waals surface area contributed by atoms with Gasteiger partial charge in [-0.3, -0.25) is 4.79 Å². The minimum absolute atomic E-state index is 0.250. The van der Waals surface area contributed by atoms with Gasteiger partial charge < -0.3 is 9.55 Å². The number of para-hydroxylation sites is 1. The van der Waals surface area contributed by atoms with Crippen LogP contribution in [0.3, 0.4) is 0 Å². The SMILES string of the molecule is Cc1ccc(-c2ccccc2)n1-c1ccc(C(=O)N/N=C/c2c[nH]c3ccccc23)cc1. The number of fused-ring (bicyclic) bond motifs is 1. The number of nitrogens with zero attached hydrogens (tertiary/aromatic N) is 2. The molecule has 1 amide bonds. The second kappa shape index (κ2) is 8.40. The number of aryl methyl sites for hydroxylation is 1. The van der Waals surface area contributed by atoms with Crippen molar-refractivity contribution < 1.29 is 4.79 Å². The first kappa shape index (κ1) is 19.6. The highest BCUT2D eigenvalue weighted by molar-refractivity contribution is 6.00. The average Bonchev–Trinajstić information content (AvgIpc) is 3.43. The Morgan fingerprint density at radius 1 is 0.906 bits per heavy atom. The van der Waals surface area contributed by atoms with Gasteiger partial charge in [0.05, 0.1) is 11.9 Å². The Labute approximate surface area is 186 Å². The van der Waals surface area contributed by atoms with E-state index < -0.39 is 0 Å². The summed E-state index contributed by atoms with van der Waals surface area (Å²) in [6.45, 7) is 2.08. The summed E-state index contributed by atoms with van der Waals surface area (Å²) in [6, 6.07) is 30.0. The summed E-state index contributed by atoms with van der Waals surface area (Å²) in [7, 11) is 0. The van der Waals surface area contributed by atoms with Crippen molar-refractivity contribution in [1.29, 1.82) is 0 Å². The molecule has 0 unspecified atom stereocenters. The molecule has 3 aromatic carbocycles. The smallest absolute Gasteiger partial charge is 0.271 e. The molecule has 2 heterocycles. The van der Waals surface area contributed by atoms with Crippen LogP contribution in [0.1, 0.15) is 21.6 Å². The third-order valence-electron chi connectivity index (χ3n) is 5.52. The van der Waals surface area contributed by atoms with E-state index in [2.05, 4.69) is 51.3 Å². The van der Waals surface area contributed by atoms with Crippen molar-refractivity contribution in [2.24, 2.45) is 5.10 Å². The normalized spacial score (nSPS) is 11.3. The second-order valence-electron chi connectivity index (χ2n) is 7.60. The first-order valence-electron chi connectivity index (χ1n) is 10.4. The Balaban J connectivity index is 1.33. The maximum atomic E-state index is 12.6. The molecule has 32 heavy (non-hydrogen) atoms. The summed E-state index contributed by atoms with van der Waals surface area (Å²) in [5.41, 5.74) is 9.52. The van der Waals surface area contributed by atoms with E-state index >= 15 is 0 Å². The predicted octanol–water partition coefficient (Wildman–Crippen LogP) is 5.70. The Morgan fingerprint density at radius 3 is 2.47 bits per heavy atom. The summed E-state index contributed by atoms with van der Waals surface area (Å²) in [6.07, 6.45) is 3.53. The first-order valence-corrected chi connectivity index (χ1v) is 10.4. The van der Waals surface area contributed by atoms with Crippen LogP contribution in [0.25, 0.3) is 27.8 Å². The molecule has 0 aliphatic rings. The molecule has 0 saturated heterocycles. The molecule has 5 heteroatoms. The van der Waals surface area contributed by atoms with Gasteiger partial charge in [0.1, 0.15) is 0 Å². The molecule has 5 rings (SSSR count). The summed E-state index contributed by atoms with van der Waals surface area (Å²) >= 11 is 0. The van der Waals surface area contributed by atoms with E-state index in [4.69, 9.17) is 0 Å². The maximum absolute atomic E-state index is 12.6. The molecule has 0 atom stereocenters. The Kier molecular flexibility index (Phi) is 5.14. The monoisotopic (exact) mass is 418 g/mol. The molecule has 0 saturated carbocycles. The van der Waals surface area contributed by atoms with Crippen LogP contribution in [0.2, 0.25) is 0 Å². The van der Waals surface area contributed by atoms with Crippen molar-refractivity contribution in [2.75, 3.05) is 0 Å². The molecule has 5 aromatic rings. The second-order valence-corrected chi connectivity index (χ2v) is 7.60. The highest BCUT2D eigenvalue weighted by atomic mass is 16.2. The van der Waals surface area contributed by atoms with Crippen LogP contribution < -0.4 is 5.43 Å². The zero-order valence-corrected chi connectivity index (χ0v) is 17.6. The number of carbonyl (C=O) groups excluding carboxylic acids is 1. The molecule has 156 valence electrons. The summed E-state index contributed by atoms with van der Waals surface area (Å²) in [5, 5.41) is 5.19. The highest BCUT2D eigenvalue weighted by Gasteiger charge is 2.11. The lowest BCUT2D eigenvalue weighted by Gasteiger charge is -2.12. The number of amides is 1. The summed E-state index contributed by atoms with van der Waals surface area (Å²) in [4.78, 5) is 15.7. The van der Waals surface area contributed by atoms with Crippen LogP contribution in [0, 0.1) is 6.92 Å². The van der Waals surface area contributed by atoms with Gasteiger partial charge >= 0.3 is 0 Å². The Bertz CT molecular complexity index is 1410. The van der Waals surface area contributed by atoms with E-state index in [-0.39, 0.29) is 5.91 Å². The number of rotatable bonds is 5. The Hall–Kier alpha value is -4.38. The highest BCUT2D eigenvalue weighted by Crippen LogP contribution is 2.26. The van der Waals surface area contributed by atoms with Crippen LogP contribution >= 0.6 is 0 Å². The van der Waals surface area contributed by atoms with Gasteiger partial charge in [0.2, 0.25) is 0 Å². The van der Waals surface area contributed by atoms with E-state index in [0.717, 1.165) is 39.1 Å². The fourth-order valence-electron chi connectivity index (χ4n) is 3.90. The van der Waals surface area contributed by atoms with Crippen molar-refractivity contribution in [1.82, 2.24) is 15.0 Å². The zero-order chi connectivity index (χ0) is 21.9. The van der Waals surface area contributed by atoms with Crippen molar-refractivity contribution >= 4 is 23.0 Å². The number of nitrogens with one attached hydrogen (secondary N) is 2. The standard InChI is InChI=1S/C27H22N4O/c1-19-11-16-26(20-7-3-2-4-8-20)31(19)23-14-12-21(13-15-23)27(32)30-29-18-22-17-28-25-10-6-5-9-24(22)25/h2-18,28H,1H3,(H,30,32)/b29-18+. The number of benzene rings is 3. The van der Waals surface area contributed by atoms with Crippen LogP contribution in [0.15, 0.2) is 102 Å². The number of hydrazone groups is 1. The fourth-order valence-corrected chi connectivity index (χ4v) is 3.90. The summed E-state index contributed by atoms with van der Waals surface area (Å²) in [5.74, 6) is -0.250. The predicted molar refractivity (Wildman–Crippen MR) is 129 cm³/mol. The molecular weight excluding hydrogens is 396 g/mol. The van der Waals surface area contributed by atoms with Gasteiger partial charge in [0, 0.05) is 39.6 Å². The number of hydrogen-bond donors (Lipinski definition) is 2. The molecular formula is C27H22N4O. The first-order chi connectivity index (χ1) is 15.7. The molecule has 0 aliphatic carbocycles. The van der Waals surface area contributed by atoms with Crippen molar-refractivity contribution in [3.05, 3.63) is 114 Å². The summed E-state index contributed by atoms with van der Waals surface area (Å²) < 4.78 is 2.19. The third-order valence-corrected chi connectivity index (χ3v) is 5.52. The molecule has 5 nitrogen and oxygen atoms in total. The van der Waals surface area contributed by atoms with Gasteiger partial charge in [0.15, 0.2) is 0 Å². The van der Waals surface area contributed by atoms with Gasteiger partial charge in [-0.25, -0.2) is 5.43 Å². The third kappa shape index (κ3) is 3.72. The number of H-pyrrole nitrogens is 1. The molecule has 2 N–H and O–H groups in total. The molecule has 0 bridgehead atoms. The van der Waals surface area contributed by atoms with E-state index in [9.17, 15) is 4.79 Å². The fraction of sp³-hybridized carbons (Fsp3) is 0.0370. The lowest BCUT2D eigenvalue weighted by Crippen LogP contribution is -2.17. The van der Waals surface area contributed by atoms with Crippen molar-refractivity contribution in [3.63, 3.8) is 0 Å². The molecule has 0 aliphatic heterocycles. The molecule has 0 spiro atoms. The van der Waals surface area contributed by atoms with Gasteiger partial charge in [-0.2, -0.15) is 5.10 Å². The number of carbonyl (C=O) groups is 1. The van der Waals surface area contributed by atoms with Crippen molar-refractivity contribution in [3.8, 4) is 16.9 Å². The van der Waals surface area contributed by atoms with Gasteiger partial charge in [-0.1, -0.05) is 48.5 Å². The number of aromatic amines is 1. The van der Waals surface area contributed by atoms with Crippen LogP contribution in [0.4, 0.5) is 0 Å². The van der Waals surface area contributed by atoms with E-state index in [1.807, 2.05) is 72.9 Å². The van der Waals surface area contributed by atoms with E-state index in [1.165, 1.54) is 0 Å². The quantitative estimate of drug-likeness (QED) is 0.279. The lowest BCUT2D eigenvalue weighted by molar-refractivity contribution is 0.0955. The van der Waals surface area contributed by atoms with Crippen LogP contribution in [-0.4, -0.2) is 21.7 Å².